The van der Waals surface area contributed by atoms with Gasteiger partial charge in [0.05, 0.1) is 5.75 Å². The van der Waals surface area contributed by atoms with Gasteiger partial charge in [-0.25, -0.2) is 4.79 Å². The third-order valence-corrected chi connectivity index (χ3v) is 4.54. The molecule has 0 bridgehead atoms. The number of hydrogen-bond acceptors (Lipinski definition) is 4. The molecule has 1 amide bonds. The van der Waals surface area contributed by atoms with E-state index in [1.807, 2.05) is 0 Å². The highest BCUT2D eigenvalue weighted by Gasteiger charge is 2.24. The summed E-state index contributed by atoms with van der Waals surface area (Å²) in [5, 5.41) is 2.76. The Morgan fingerprint density at radius 3 is 2.36 bits per heavy atom. The summed E-state index contributed by atoms with van der Waals surface area (Å²) in [5.41, 5.74) is -0.595. The number of alkyl carbamates (subject to hydrolysis) is 1. The molecule has 0 saturated heterocycles. The lowest BCUT2D eigenvalue weighted by Gasteiger charge is -2.28. The molecular weight excluding hydrogens is 306 g/mol. The Morgan fingerprint density at radius 1 is 1.27 bits per heavy atom. The molecule has 1 fully saturated rings. The van der Waals surface area contributed by atoms with Crippen molar-refractivity contribution < 1.29 is 22.5 Å². The lowest BCUT2D eigenvalue weighted by Crippen LogP contribution is -2.41. The average molecular weight is 335 g/mol. The fraction of sp³-hybridized carbons (Fsp3) is 0.933. The van der Waals surface area contributed by atoms with Crippen LogP contribution in [0.25, 0.3) is 0 Å². The van der Waals surface area contributed by atoms with Gasteiger partial charge in [0, 0.05) is 6.04 Å². The maximum atomic E-state index is 11.9. The van der Waals surface area contributed by atoms with Crippen LogP contribution in [-0.2, 0) is 14.9 Å². The fourth-order valence-electron chi connectivity index (χ4n) is 2.84. The first-order valence-corrected chi connectivity index (χ1v) is 9.61. The van der Waals surface area contributed by atoms with E-state index >= 15 is 0 Å². The van der Waals surface area contributed by atoms with Crippen LogP contribution < -0.4 is 5.32 Å². The second-order valence-electron chi connectivity index (χ2n) is 7.16. The summed E-state index contributed by atoms with van der Waals surface area (Å²) in [6.07, 6.45) is 6.22. The monoisotopic (exact) mass is 335 g/mol. The van der Waals surface area contributed by atoms with E-state index in [0.717, 1.165) is 19.3 Å². The van der Waals surface area contributed by atoms with Gasteiger partial charge in [0.15, 0.2) is 0 Å². The Balaban J connectivity index is 2.57. The minimum Gasteiger partial charge on any atom is -0.444 e. The van der Waals surface area contributed by atoms with E-state index in [9.17, 15) is 13.2 Å². The van der Waals surface area contributed by atoms with Crippen LogP contribution in [0.4, 0.5) is 4.79 Å². The summed E-state index contributed by atoms with van der Waals surface area (Å²) in [7, 11) is -4.02. The largest absolute Gasteiger partial charge is 0.444 e. The Kier molecular flexibility index (Phi) is 7.12. The predicted octanol–water partition coefficient (Wildman–Crippen LogP) is 3.13. The second kappa shape index (κ2) is 8.15. The van der Waals surface area contributed by atoms with E-state index in [1.165, 1.54) is 19.3 Å². The molecule has 2 N–H and O–H groups in total. The highest BCUT2D eigenvalue weighted by Crippen LogP contribution is 2.28. The van der Waals surface area contributed by atoms with Crippen LogP contribution in [0.15, 0.2) is 0 Å². The molecule has 1 aliphatic rings. The molecule has 0 unspecified atom stereocenters. The summed E-state index contributed by atoms with van der Waals surface area (Å²) in [6.45, 7) is 5.34. The maximum absolute atomic E-state index is 11.9. The fourth-order valence-corrected chi connectivity index (χ4v) is 3.42. The van der Waals surface area contributed by atoms with E-state index in [4.69, 9.17) is 9.29 Å². The van der Waals surface area contributed by atoms with Crippen molar-refractivity contribution in [3.8, 4) is 0 Å². The van der Waals surface area contributed by atoms with E-state index in [0.29, 0.717) is 5.92 Å². The van der Waals surface area contributed by atoms with Crippen molar-refractivity contribution >= 4 is 16.2 Å². The zero-order valence-corrected chi connectivity index (χ0v) is 14.6. The lowest BCUT2D eigenvalue weighted by atomic mass is 9.84. The van der Waals surface area contributed by atoms with Gasteiger partial charge in [0.1, 0.15) is 5.60 Å². The van der Waals surface area contributed by atoms with Crippen molar-refractivity contribution in [1.29, 1.82) is 0 Å². The Labute approximate surface area is 133 Å². The van der Waals surface area contributed by atoms with Gasteiger partial charge in [-0.15, -0.1) is 0 Å². The van der Waals surface area contributed by atoms with Gasteiger partial charge in [-0.3, -0.25) is 4.55 Å². The smallest absolute Gasteiger partial charge is 0.407 e. The molecule has 7 heteroatoms. The lowest BCUT2D eigenvalue weighted by molar-refractivity contribution is 0.0493. The summed E-state index contributed by atoms with van der Waals surface area (Å²) in [5.74, 6) is 0.148. The molecular formula is C15H29NO5S. The molecule has 6 nitrogen and oxygen atoms in total. The molecule has 1 saturated carbocycles. The normalized spacial score (nSPS) is 18.7. The third kappa shape index (κ3) is 9.25. The molecule has 1 rings (SSSR count). The van der Waals surface area contributed by atoms with Gasteiger partial charge in [-0.2, -0.15) is 8.42 Å². The van der Waals surface area contributed by atoms with Gasteiger partial charge in [-0.05, 0) is 39.5 Å². The molecule has 0 aliphatic heterocycles. The Hall–Kier alpha value is -0.820. The van der Waals surface area contributed by atoms with Crippen molar-refractivity contribution in [2.75, 3.05) is 5.75 Å². The van der Waals surface area contributed by atoms with Crippen LogP contribution in [0.5, 0.6) is 0 Å². The first-order valence-electron chi connectivity index (χ1n) is 8.00. The highest BCUT2D eigenvalue weighted by molar-refractivity contribution is 7.85. The number of carbonyl (C=O) groups is 1. The summed E-state index contributed by atoms with van der Waals surface area (Å²) in [4.78, 5) is 11.9. The minimum atomic E-state index is -4.02. The Morgan fingerprint density at radius 2 is 1.86 bits per heavy atom. The van der Waals surface area contributed by atoms with E-state index in [-0.39, 0.29) is 18.2 Å². The second-order valence-corrected chi connectivity index (χ2v) is 8.73. The summed E-state index contributed by atoms with van der Waals surface area (Å²) in [6, 6.07) is -0.292. The van der Waals surface area contributed by atoms with E-state index in [2.05, 4.69) is 5.32 Å². The van der Waals surface area contributed by atoms with E-state index in [1.54, 1.807) is 20.8 Å². The van der Waals surface area contributed by atoms with Crippen molar-refractivity contribution in [1.82, 2.24) is 5.32 Å². The van der Waals surface area contributed by atoms with E-state index < -0.39 is 21.8 Å². The third-order valence-electron chi connectivity index (χ3n) is 3.79. The van der Waals surface area contributed by atoms with Gasteiger partial charge in [0.25, 0.3) is 10.1 Å². The standard InChI is InChI=1S/C15H29NO5S/c1-15(2,3)21-14(17)16-13(9-10-22(18,19)20)11-12-7-5-4-6-8-12/h12-13H,4-11H2,1-3H3,(H,16,17)(H,18,19,20)/t13-/m1/s1. The SMILES string of the molecule is CC(C)(C)OC(=O)N[C@H](CCS(=O)(=O)O)CC1CCCCC1. The topological polar surface area (TPSA) is 92.7 Å². The molecule has 0 heterocycles. The van der Waals surface area contributed by atoms with Gasteiger partial charge < -0.3 is 10.1 Å². The predicted molar refractivity (Wildman–Crippen MR) is 85.4 cm³/mol. The summed E-state index contributed by atoms with van der Waals surface area (Å²) < 4.78 is 36.1. The van der Waals surface area contributed by atoms with Gasteiger partial charge in [0.2, 0.25) is 0 Å². The van der Waals surface area contributed by atoms with Crippen LogP contribution in [0.3, 0.4) is 0 Å². The number of ether oxygens (including phenoxy) is 1. The van der Waals surface area contributed by atoms with Crippen molar-refractivity contribution in [2.45, 2.75) is 77.4 Å². The molecule has 0 aromatic carbocycles. The van der Waals surface area contributed by atoms with Crippen LogP contribution in [0.2, 0.25) is 0 Å². The van der Waals surface area contributed by atoms with Crippen LogP contribution in [0, 0.1) is 5.92 Å². The number of rotatable bonds is 6. The number of amides is 1. The first kappa shape index (κ1) is 19.2. The van der Waals surface area contributed by atoms with Crippen LogP contribution in [-0.4, -0.2) is 36.5 Å². The molecule has 0 aromatic heterocycles. The van der Waals surface area contributed by atoms with Crippen molar-refractivity contribution in [3.05, 3.63) is 0 Å². The van der Waals surface area contributed by atoms with Crippen LogP contribution >= 0.6 is 0 Å². The van der Waals surface area contributed by atoms with Crippen LogP contribution in [0.1, 0.15) is 65.7 Å². The van der Waals surface area contributed by atoms with Crippen molar-refractivity contribution in [2.24, 2.45) is 5.92 Å². The molecule has 0 radical (unpaired) electrons. The molecule has 1 atom stereocenters. The molecule has 22 heavy (non-hydrogen) atoms. The molecule has 130 valence electrons. The number of carbonyl (C=O) groups excluding carboxylic acids is 1. The average Bonchev–Trinajstić information content (AvgIpc) is 2.34. The van der Waals surface area contributed by atoms with Gasteiger partial charge >= 0.3 is 6.09 Å². The quantitative estimate of drug-likeness (QED) is 0.727. The Bertz CT molecular complexity index is 449. The van der Waals surface area contributed by atoms with Gasteiger partial charge in [-0.1, -0.05) is 32.1 Å². The first-order chi connectivity index (χ1) is 10.1. The molecule has 0 spiro atoms. The molecule has 1 aliphatic carbocycles. The maximum Gasteiger partial charge on any atom is 0.407 e. The highest BCUT2D eigenvalue weighted by atomic mass is 32.2. The zero-order chi connectivity index (χ0) is 16.8. The number of nitrogens with one attached hydrogen (secondary N) is 1. The molecule has 0 aromatic rings. The van der Waals surface area contributed by atoms with Crippen molar-refractivity contribution in [3.63, 3.8) is 0 Å². The number of hydrogen-bond donors (Lipinski definition) is 2. The zero-order valence-electron chi connectivity index (χ0n) is 13.8. The summed E-state index contributed by atoms with van der Waals surface area (Å²) >= 11 is 0. The minimum absolute atomic E-state index is 0.203.